The number of aliphatic hydroxyl groups is 4. The van der Waals surface area contributed by atoms with Gasteiger partial charge in [0.15, 0.2) is 0 Å². The highest BCUT2D eigenvalue weighted by Gasteiger charge is 2.28. The summed E-state index contributed by atoms with van der Waals surface area (Å²) in [5.41, 5.74) is 0. The van der Waals surface area contributed by atoms with Crippen molar-refractivity contribution in [2.45, 2.75) is 353 Å². The molecule has 0 aromatic carbocycles. The maximum atomic E-state index is 12.6. The second-order valence-electron chi connectivity index (χ2n) is 20.7. The Labute approximate surface area is 406 Å². The molecule has 1 amide bonds. The average molecular weight is 921 g/mol. The molecule has 0 saturated carbocycles. The van der Waals surface area contributed by atoms with Crippen molar-refractivity contribution < 1.29 is 25.2 Å². The van der Waals surface area contributed by atoms with Gasteiger partial charge in [-0.15, -0.1) is 0 Å². The lowest BCUT2D eigenvalue weighted by Gasteiger charge is -2.27. The number of hydrogen-bond acceptors (Lipinski definition) is 5. The molecule has 0 fully saturated rings. The number of carbonyl (C=O) groups excluding carboxylic acids is 1. The van der Waals surface area contributed by atoms with Gasteiger partial charge in [-0.2, -0.15) is 0 Å². The number of allylic oxidation sites excluding steroid dienone is 2. The highest BCUT2D eigenvalue weighted by Crippen LogP contribution is 2.18. The van der Waals surface area contributed by atoms with Crippen LogP contribution < -0.4 is 5.32 Å². The van der Waals surface area contributed by atoms with E-state index < -0.39 is 36.9 Å². The van der Waals surface area contributed by atoms with Gasteiger partial charge >= 0.3 is 0 Å². The summed E-state index contributed by atoms with van der Waals surface area (Å²) in [4.78, 5) is 12.6. The molecule has 0 aliphatic heterocycles. The van der Waals surface area contributed by atoms with Gasteiger partial charge in [-0.05, 0) is 38.5 Å². The second kappa shape index (κ2) is 54.0. The molecular weight excluding hydrogens is 803 g/mol. The molecule has 4 unspecified atom stereocenters. The molecule has 0 heterocycles. The fourth-order valence-electron chi connectivity index (χ4n) is 9.58. The topological polar surface area (TPSA) is 110 Å². The number of hydrogen-bond donors (Lipinski definition) is 5. The molecule has 5 N–H and O–H groups in total. The minimum absolute atomic E-state index is 0.371. The Morgan fingerprint density at radius 1 is 0.369 bits per heavy atom. The molecule has 0 bridgehead atoms. The van der Waals surface area contributed by atoms with Crippen molar-refractivity contribution in [3.8, 4) is 0 Å². The van der Waals surface area contributed by atoms with E-state index in [4.69, 9.17) is 0 Å². The Morgan fingerprint density at radius 2 is 0.615 bits per heavy atom. The first-order valence-electron chi connectivity index (χ1n) is 29.6. The first-order valence-corrected chi connectivity index (χ1v) is 29.6. The maximum Gasteiger partial charge on any atom is 0.249 e. The van der Waals surface area contributed by atoms with E-state index in [1.807, 2.05) is 0 Å². The molecule has 0 rings (SSSR count). The fourth-order valence-corrected chi connectivity index (χ4v) is 9.58. The molecule has 388 valence electrons. The van der Waals surface area contributed by atoms with Crippen molar-refractivity contribution >= 4 is 5.91 Å². The third-order valence-electron chi connectivity index (χ3n) is 14.2. The first-order chi connectivity index (χ1) is 32.0. The van der Waals surface area contributed by atoms with E-state index in [1.165, 1.54) is 263 Å². The van der Waals surface area contributed by atoms with Crippen LogP contribution in [-0.4, -0.2) is 57.3 Å². The number of nitrogens with one attached hydrogen (secondary N) is 1. The molecule has 65 heavy (non-hydrogen) atoms. The zero-order valence-electron chi connectivity index (χ0n) is 44.0. The minimum atomic E-state index is -1.26. The number of aliphatic hydroxyl groups excluding tert-OH is 4. The average Bonchev–Trinajstić information content (AvgIpc) is 3.31. The van der Waals surface area contributed by atoms with Crippen LogP contribution in [0.3, 0.4) is 0 Å². The highest BCUT2D eigenvalue weighted by atomic mass is 16.3. The molecule has 0 saturated heterocycles. The van der Waals surface area contributed by atoms with Crippen molar-refractivity contribution in [2.24, 2.45) is 0 Å². The highest BCUT2D eigenvalue weighted by molar-refractivity contribution is 5.80. The van der Waals surface area contributed by atoms with Crippen LogP contribution in [0.15, 0.2) is 12.2 Å². The molecule has 0 aromatic heterocycles. The predicted molar refractivity (Wildman–Crippen MR) is 284 cm³/mol. The summed E-state index contributed by atoms with van der Waals surface area (Å²) < 4.78 is 0. The smallest absolute Gasteiger partial charge is 0.249 e. The van der Waals surface area contributed by atoms with E-state index in [-0.39, 0.29) is 0 Å². The van der Waals surface area contributed by atoms with Gasteiger partial charge in [-0.3, -0.25) is 4.79 Å². The zero-order valence-corrected chi connectivity index (χ0v) is 44.0. The summed E-state index contributed by atoms with van der Waals surface area (Å²) in [5, 5.41) is 44.1. The third-order valence-corrected chi connectivity index (χ3v) is 14.2. The van der Waals surface area contributed by atoms with Crippen LogP contribution in [0, 0.1) is 0 Å². The number of rotatable bonds is 55. The molecule has 0 radical (unpaired) electrons. The van der Waals surface area contributed by atoms with E-state index in [0.717, 1.165) is 38.5 Å². The zero-order chi connectivity index (χ0) is 47.4. The number of unbranched alkanes of at least 4 members (excludes halogenated alkanes) is 44. The molecule has 0 spiro atoms. The molecule has 6 nitrogen and oxygen atoms in total. The van der Waals surface area contributed by atoms with Crippen LogP contribution in [0.5, 0.6) is 0 Å². The number of amides is 1. The van der Waals surface area contributed by atoms with Gasteiger partial charge < -0.3 is 25.7 Å². The number of carbonyl (C=O) groups is 1. The first kappa shape index (κ1) is 64.0. The summed E-state index contributed by atoms with van der Waals surface area (Å²) >= 11 is 0. The second-order valence-corrected chi connectivity index (χ2v) is 20.7. The van der Waals surface area contributed by atoms with Gasteiger partial charge in [0.1, 0.15) is 12.2 Å². The Kier molecular flexibility index (Phi) is 53.2. The van der Waals surface area contributed by atoms with Crippen LogP contribution in [0.2, 0.25) is 0 Å². The maximum absolute atomic E-state index is 12.6. The quantitative estimate of drug-likeness (QED) is 0.0308. The van der Waals surface area contributed by atoms with Gasteiger partial charge in [-0.1, -0.05) is 302 Å². The van der Waals surface area contributed by atoms with E-state index in [1.54, 1.807) is 0 Å². The summed E-state index contributed by atoms with van der Waals surface area (Å²) in [6.07, 6.45) is 64.3. The van der Waals surface area contributed by atoms with Crippen LogP contribution >= 0.6 is 0 Å². The fraction of sp³-hybridized carbons (Fsp3) is 0.949. The Balaban J connectivity index is 3.59. The lowest BCUT2D eigenvalue weighted by atomic mass is 9.99. The van der Waals surface area contributed by atoms with E-state index >= 15 is 0 Å². The molecule has 6 heteroatoms. The van der Waals surface area contributed by atoms with E-state index in [0.29, 0.717) is 12.8 Å². The summed E-state index contributed by atoms with van der Waals surface area (Å²) in [7, 11) is 0. The minimum Gasteiger partial charge on any atom is -0.394 e. The molecular formula is C59H117NO5. The van der Waals surface area contributed by atoms with Crippen molar-refractivity contribution in [3.05, 3.63) is 12.2 Å². The van der Waals surface area contributed by atoms with Gasteiger partial charge in [0.2, 0.25) is 5.91 Å². The van der Waals surface area contributed by atoms with E-state index in [2.05, 4.69) is 31.3 Å². The Morgan fingerprint density at radius 3 is 0.892 bits per heavy atom. The lowest BCUT2D eigenvalue weighted by Crippen LogP contribution is -2.53. The SMILES string of the molecule is CCCCCCCCCCCCCC/C=C\CCCCCCCCCCCCC(O)C(=O)NC(CO)C(O)C(O)CCCCCCCCCCCCCCCCCCCCCCCCC. The van der Waals surface area contributed by atoms with Crippen molar-refractivity contribution in [2.75, 3.05) is 6.61 Å². The van der Waals surface area contributed by atoms with Crippen molar-refractivity contribution in [1.82, 2.24) is 5.32 Å². The normalized spacial score (nSPS) is 13.8. The largest absolute Gasteiger partial charge is 0.394 e. The van der Waals surface area contributed by atoms with Crippen LogP contribution in [0.1, 0.15) is 328 Å². The molecule has 0 aliphatic carbocycles. The monoisotopic (exact) mass is 920 g/mol. The lowest BCUT2D eigenvalue weighted by molar-refractivity contribution is -0.132. The standard InChI is InChI=1S/C59H117NO5/c1-3-5-7-9-11-13-15-17-19-21-23-25-27-28-29-31-33-35-37-39-41-43-45-47-49-51-53-57(63)59(65)60-55(54-61)58(64)56(62)52-50-48-46-44-42-40-38-36-34-32-30-26-24-22-20-18-16-14-12-10-8-6-4-2/h28-29,55-58,61-64H,3-27,30-54H2,1-2H3,(H,60,65)/b29-28-. The molecule has 4 atom stereocenters. The summed E-state index contributed by atoms with van der Waals surface area (Å²) in [5.74, 6) is -0.579. The van der Waals surface area contributed by atoms with Gasteiger partial charge in [-0.25, -0.2) is 0 Å². The Hall–Kier alpha value is -0.950. The van der Waals surface area contributed by atoms with Crippen molar-refractivity contribution in [1.29, 1.82) is 0 Å². The van der Waals surface area contributed by atoms with Gasteiger partial charge in [0.05, 0.1) is 18.8 Å². The summed E-state index contributed by atoms with van der Waals surface area (Å²) in [6.45, 7) is 4.10. The van der Waals surface area contributed by atoms with Crippen LogP contribution in [0.4, 0.5) is 0 Å². The van der Waals surface area contributed by atoms with Crippen molar-refractivity contribution in [3.63, 3.8) is 0 Å². The van der Waals surface area contributed by atoms with Crippen LogP contribution in [0.25, 0.3) is 0 Å². The van der Waals surface area contributed by atoms with Gasteiger partial charge in [0, 0.05) is 0 Å². The van der Waals surface area contributed by atoms with Gasteiger partial charge in [0.25, 0.3) is 0 Å². The Bertz CT molecular complexity index is 944. The predicted octanol–water partition coefficient (Wildman–Crippen LogP) is 17.3. The summed E-state index contributed by atoms with van der Waals surface area (Å²) in [6, 6.07) is -0.984. The van der Waals surface area contributed by atoms with E-state index in [9.17, 15) is 25.2 Å². The molecule has 0 aliphatic rings. The van der Waals surface area contributed by atoms with Crippen LogP contribution in [-0.2, 0) is 4.79 Å². The third kappa shape index (κ3) is 47.9. The molecule has 0 aromatic rings.